The first kappa shape index (κ1) is 15.4. The maximum Gasteiger partial charge on any atom is 0.224 e. The monoisotopic (exact) mass is 329 g/mol. The Morgan fingerprint density at radius 3 is 2.78 bits per heavy atom. The molecular weight excluding hydrogens is 313 g/mol. The summed E-state index contributed by atoms with van der Waals surface area (Å²) in [5, 5.41) is 9.28. The van der Waals surface area contributed by atoms with E-state index in [0.717, 1.165) is 21.8 Å². The van der Waals surface area contributed by atoms with E-state index >= 15 is 0 Å². The molecule has 1 N–H and O–H groups in total. The van der Waals surface area contributed by atoms with Crippen LogP contribution >= 0.6 is 11.3 Å². The van der Waals surface area contributed by atoms with E-state index in [2.05, 4.69) is 10.4 Å². The Morgan fingerprint density at radius 2 is 2.09 bits per heavy atom. The minimum atomic E-state index is -0.302. The standard InChI is InChI=1S/C17H16FN3OS/c1-21-15(16-3-2-8-23-16)10-14(20-21)11-19-17(22)9-12-4-6-13(18)7-5-12/h2-8,10H,9,11H2,1H3,(H,19,22). The van der Waals surface area contributed by atoms with Crippen molar-refractivity contribution in [3.63, 3.8) is 0 Å². The van der Waals surface area contributed by atoms with E-state index in [1.165, 1.54) is 12.1 Å². The van der Waals surface area contributed by atoms with Crippen LogP contribution < -0.4 is 5.32 Å². The Labute approximate surface area is 137 Å². The number of benzene rings is 1. The van der Waals surface area contributed by atoms with E-state index in [4.69, 9.17) is 0 Å². The van der Waals surface area contributed by atoms with Gasteiger partial charge in [0.2, 0.25) is 5.91 Å². The number of hydrogen-bond acceptors (Lipinski definition) is 3. The van der Waals surface area contributed by atoms with Crippen molar-refractivity contribution >= 4 is 17.2 Å². The zero-order valence-electron chi connectivity index (χ0n) is 12.6. The minimum Gasteiger partial charge on any atom is -0.350 e. The molecule has 0 aliphatic heterocycles. The molecule has 6 heteroatoms. The van der Waals surface area contributed by atoms with Gasteiger partial charge in [-0.05, 0) is 35.2 Å². The molecule has 0 saturated heterocycles. The molecule has 3 aromatic rings. The van der Waals surface area contributed by atoms with E-state index in [-0.39, 0.29) is 18.1 Å². The van der Waals surface area contributed by atoms with Gasteiger partial charge in [0.15, 0.2) is 0 Å². The second-order valence-corrected chi connectivity index (χ2v) is 6.15. The molecule has 0 bridgehead atoms. The number of hydrogen-bond donors (Lipinski definition) is 1. The summed E-state index contributed by atoms with van der Waals surface area (Å²) in [6.45, 7) is 0.374. The zero-order chi connectivity index (χ0) is 16.2. The first-order valence-electron chi connectivity index (χ1n) is 7.20. The molecule has 118 valence electrons. The number of rotatable bonds is 5. The third kappa shape index (κ3) is 3.84. The van der Waals surface area contributed by atoms with Gasteiger partial charge < -0.3 is 5.32 Å². The molecule has 3 rings (SSSR count). The molecule has 23 heavy (non-hydrogen) atoms. The molecule has 1 amide bonds. The minimum absolute atomic E-state index is 0.111. The molecule has 0 saturated carbocycles. The van der Waals surface area contributed by atoms with Crippen molar-refractivity contribution in [2.45, 2.75) is 13.0 Å². The summed E-state index contributed by atoms with van der Waals surface area (Å²) >= 11 is 1.65. The molecule has 0 radical (unpaired) electrons. The SMILES string of the molecule is Cn1nc(CNC(=O)Cc2ccc(F)cc2)cc1-c1cccs1. The van der Waals surface area contributed by atoms with Gasteiger partial charge in [-0.15, -0.1) is 11.3 Å². The molecule has 2 heterocycles. The summed E-state index contributed by atoms with van der Waals surface area (Å²) in [5.74, 6) is -0.413. The molecule has 0 spiro atoms. The van der Waals surface area contributed by atoms with Crippen molar-refractivity contribution in [3.05, 3.63) is 64.9 Å². The van der Waals surface area contributed by atoms with Crippen molar-refractivity contribution in [1.82, 2.24) is 15.1 Å². The van der Waals surface area contributed by atoms with Gasteiger partial charge in [-0.3, -0.25) is 9.48 Å². The second kappa shape index (κ2) is 6.75. The fraction of sp³-hybridized carbons (Fsp3) is 0.176. The number of thiophene rings is 1. The third-order valence-electron chi connectivity index (χ3n) is 3.45. The van der Waals surface area contributed by atoms with Crippen molar-refractivity contribution in [1.29, 1.82) is 0 Å². The van der Waals surface area contributed by atoms with Crippen LogP contribution in [0.4, 0.5) is 4.39 Å². The molecule has 1 aromatic carbocycles. The molecule has 0 atom stereocenters. The van der Waals surface area contributed by atoms with Gasteiger partial charge >= 0.3 is 0 Å². The Kier molecular flexibility index (Phi) is 4.52. The molecule has 4 nitrogen and oxygen atoms in total. The fourth-order valence-electron chi connectivity index (χ4n) is 2.31. The van der Waals surface area contributed by atoms with Crippen molar-refractivity contribution in [2.75, 3.05) is 0 Å². The highest BCUT2D eigenvalue weighted by Gasteiger charge is 2.10. The lowest BCUT2D eigenvalue weighted by molar-refractivity contribution is -0.120. The number of carbonyl (C=O) groups is 1. The van der Waals surface area contributed by atoms with E-state index in [9.17, 15) is 9.18 Å². The molecule has 0 unspecified atom stereocenters. The van der Waals surface area contributed by atoms with Crippen LogP contribution in [0.3, 0.4) is 0 Å². The Morgan fingerprint density at radius 1 is 1.30 bits per heavy atom. The van der Waals surface area contributed by atoms with Crippen LogP contribution in [0.15, 0.2) is 47.8 Å². The van der Waals surface area contributed by atoms with Crippen LogP contribution in [0.5, 0.6) is 0 Å². The normalized spacial score (nSPS) is 10.7. The number of nitrogens with one attached hydrogen (secondary N) is 1. The van der Waals surface area contributed by atoms with Gasteiger partial charge in [0.25, 0.3) is 0 Å². The van der Waals surface area contributed by atoms with E-state index in [1.54, 1.807) is 23.5 Å². The first-order valence-corrected chi connectivity index (χ1v) is 8.08. The van der Waals surface area contributed by atoms with E-state index in [0.29, 0.717) is 6.54 Å². The summed E-state index contributed by atoms with van der Waals surface area (Å²) in [4.78, 5) is 13.1. The zero-order valence-corrected chi connectivity index (χ0v) is 13.4. The summed E-state index contributed by atoms with van der Waals surface area (Å²) in [6, 6.07) is 12.0. The van der Waals surface area contributed by atoms with E-state index in [1.807, 2.05) is 35.3 Å². The number of nitrogens with zero attached hydrogens (tertiary/aromatic N) is 2. The lowest BCUT2D eigenvalue weighted by Crippen LogP contribution is -2.24. The second-order valence-electron chi connectivity index (χ2n) is 5.20. The van der Waals surface area contributed by atoms with Crippen LogP contribution in [-0.2, 0) is 24.8 Å². The van der Waals surface area contributed by atoms with Gasteiger partial charge in [-0.25, -0.2) is 4.39 Å². The molecule has 2 aromatic heterocycles. The highest BCUT2D eigenvalue weighted by Crippen LogP contribution is 2.24. The smallest absolute Gasteiger partial charge is 0.224 e. The molecule has 0 aliphatic carbocycles. The number of halogens is 1. The lowest BCUT2D eigenvalue weighted by Gasteiger charge is -2.03. The van der Waals surface area contributed by atoms with Crippen LogP contribution in [0.25, 0.3) is 10.6 Å². The average molecular weight is 329 g/mol. The topological polar surface area (TPSA) is 46.9 Å². The highest BCUT2D eigenvalue weighted by molar-refractivity contribution is 7.13. The predicted molar refractivity (Wildman–Crippen MR) is 88.5 cm³/mol. The Balaban J connectivity index is 1.59. The quantitative estimate of drug-likeness (QED) is 0.782. The summed E-state index contributed by atoms with van der Waals surface area (Å²) < 4.78 is 14.7. The third-order valence-corrected chi connectivity index (χ3v) is 4.34. The maximum atomic E-state index is 12.8. The van der Waals surface area contributed by atoms with E-state index < -0.39 is 0 Å². The van der Waals surface area contributed by atoms with Crippen molar-refractivity contribution in [3.8, 4) is 10.6 Å². The van der Waals surface area contributed by atoms with Crippen molar-refractivity contribution in [2.24, 2.45) is 7.05 Å². The summed E-state index contributed by atoms with van der Waals surface area (Å²) in [5.41, 5.74) is 2.62. The van der Waals surface area contributed by atoms with Crippen LogP contribution in [-0.4, -0.2) is 15.7 Å². The fourth-order valence-corrected chi connectivity index (χ4v) is 3.08. The van der Waals surface area contributed by atoms with Gasteiger partial charge in [0.05, 0.1) is 29.2 Å². The maximum absolute atomic E-state index is 12.8. The summed E-state index contributed by atoms with van der Waals surface area (Å²) in [7, 11) is 1.89. The lowest BCUT2D eigenvalue weighted by atomic mass is 10.1. The number of aryl methyl sites for hydroxylation is 1. The Hall–Kier alpha value is -2.47. The number of carbonyl (C=O) groups excluding carboxylic acids is 1. The molecule has 0 aliphatic rings. The largest absolute Gasteiger partial charge is 0.350 e. The highest BCUT2D eigenvalue weighted by atomic mass is 32.1. The average Bonchev–Trinajstić information content (AvgIpc) is 3.17. The number of aromatic nitrogens is 2. The molecule has 0 fully saturated rings. The van der Waals surface area contributed by atoms with Gasteiger partial charge in [0.1, 0.15) is 5.82 Å². The van der Waals surface area contributed by atoms with Crippen LogP contribution in [0.1, 0.15) is 11.3 Å². The van der Waals surface area contributed by atoms with Gasteiger partial charge in [0, 0.05) is 7.05 Å². The first-order chi connectivity index (χ1) is 11.1. The van der Waals surface area contributed by atoms with Gasteiger partial charge in [-0.1, -0.05) is 18.2 Å². The number of amides is 1. The molecular formula is C17H16FN3OS. The van der Waals surface area contributed by atoms with Crippen LogP contribution in [0, 0.1) is 5.82 Å². The predicted octanol–water partition coefficient (Wildman–Crippen LogP) is 3.15. The van der Waals surface area contributed by atoms with Crippen LogP contribution in [0.2, 0.25) is 0 Å². The Bertz CT molecular complexity index is 794. The van der Waals surface area contributed by atoms with Crippen molar-refractivity contribution < 1.29 is 9.18 Å². The summed E-state index contributed by atoms with van der Waals surface area (Å²) in [6.07, 6.45) is 0.227. The van der Waals surface area contributed by atoms with Gasteiger partial charge in [-0.2, -0.15) is 5.10 Å².